The molecule has 1 aliphatic heterocycles. The topological polar surface area (TPSA) is 21.3 Å². The highest BCUT2D eigenvalue weighted by Gasteiger charge is 2.27. The summed E-state index contributed by atoms with van der Waals surface area (Å²) in [7, 11) is 2.13. The van der Waals surface area contributed by atoms with Crippen molar-refractivity contribution in [2.24, 2.45) is 5.92 Å². The second-order valence-corrected chi connectivity index (χ2v) is 6.31. The molecule has 1 heterocycles. The highest BCUT2D eigenvalue weighted by molar-refractivity contribution is 5.37. The molecule has 118 valence electrons. The number of unbranched alkanes of at least 4 members (excludes halogenated alkanes) is 1. The highest BCUT2D eigenvalue weighted by Crippen LogP contribution is 2.37. The zero-order chi connectivity index (χ0) is 15.1. The molecule has 1 aliphatic rings. The minimum Gasteiger partial charge on any atom is -0.493 e. The van der Waals surface area contributed by atoms with Crippen LogP contribution in [0.3, 0.4) is 0 Å². The third-order valence-corrected chi connectivity index (χ3v) is 5.01. The van der Waals surface area contributed by atoms with Gasteiger partial charge in [0.05, 0.1) is 6.61 Å². The number of nitrogens with one attached hydrogen (secondary N) is 1. The minimum absolute atomic E-state index is 0.623. The number of ether oxygens (including phenoxy) is 1. The van der Waals surface area contributed by atoms with Gasteiger partial charge in [0.25, 0.3) is 0 Å². The number of benzene rings is 1. The summed E-state index contributed by atoms with van der Waals surface area (Å²) in [5.41, 5.74) is 1.41. The van der Waals surface area contributed by atoms with Gasteiger partial charge in [0, 0.05) is 6.04 Å². The first-order valence-electron chi connectivity index (χ1n) is 8.69. The SMILES string of the molecule is CCCCC(CC)C(CC1CCOc2ccccc21)NC. The first kappa shape index (κ1) is 16.4. The molecular weight excluding hydrogens is 258 g/mol. The summed E-state index contributed by atoms with van der Waals surface area (Å²) in [4.78, 5) is 0. The van der Waals surface area contributed by atoms with Crippen LogP contribution in [-0.2, 0) is 0 Å². The third kappa shape index (κ3) is 4.23. The molecule has 0 spiro atoms. The Hall–Kier alpha value is -1.02. The standard InChI is InChI=1S/C19H31NO/c1-4-6-9-15(5-2)18(20-3)14-16-12-13-21-19-11-8-7-10-17(16)19/h7-8,10-11,15-16,18,20H,4-6,9,12-14H2,1-3H3. The van der Waals surface area contributed by atoms with Gasteiger partial charge in [-0.3, -0.25) is 0 Å². The summed E-state index contributed by atoms with van der Waals surface area (Å²) in [6.07, 6.45) is 7.66. The number of hydrogen-bond donors (Lipinski definition) is 1. The largest absolute Gasteiger partial charge is 0.493 e. The van der Waals surface area contributed by atoms with Crippen LogP contribution in [-0.4, -0.2) is 19.7 Å². The Balaban J connectivity index is 2.05. The molecule has 0 fully saturated rings. The van der Waals surface area contributed by atoms with Crippen LogP contribution in [0.15, 0.2) is 24.3 Å². The van der Waals surface area contributed by atoms with E-state index in [0.717, 1.165) is 24.7 Å². The first-order valence-corrected chi connectivity index (χ1v) is 8.69. The molecular formula is C19H31NO. The van der Waals surface area contributed by atoms with Crippen LogP contribution in [0, 0.1) is 5.92 Å². The van der Waals surface area contributed by atoms with E-state index in [9.17, 15) is 0 Å². The van der Waals surface area contributed by atoms with Crippen molar-refractivity contribution < 1.29 is 4.74 Å². The Labute approximate surface area is 130 Å². The van der Waals surface area contributed by atoms with Gasteiger partial charge in [-0.05, 0) is 49.8 Å². The second kappa shape index (κ2) is 8.43. The normalized spacial score (nSPS) is 20.4. The van der Waals surface area contributed by atoms with Crippen molar-refractivity contribution in [2.45, 2.75) is 64.3 Å². The predicted octanol–water partition coefficient (Wildman–Crippen LogP) is 4.75. The lowest BCUT2D eigenvalue weighted by Gasteiger charge is -2.32. The van der Waals surface area contributed by atoms with Crippen LogP contribution in [0.1, 0.15) is 63.9 Å². The summed E-state index contributed by atoms with van der Waals surface area (Å²) in [6, 6.07) is 9.21. The average molecular weight is 289 g/mol. The van der Waals surface area contributed by atoms with Gasteiger partial charge in [-0.1, -0.05) is 51.3 Å². The molecule has 0 aliphatic carbocycles. The number of hydrogen-bond acceptors (Lipinski definition) is 2. The minimum atomic E-state index is 0.623. The molecule has 0 aromatic heterocycles. The van der Waals surface area contributed by atoms with Crippen LogP contribution in [0.2, 0.25) is 0 Å². The lowest BCUT2D eigenvalue weighted by Crippen LogP contribution is -2.35. The Kier molecular flexibility index (Phi) is 6.56. The molecule has 1 aromatic carbocycles. The highest BCUT2D eigenvalue weighted by atomic mass is 16.5. The lowest BCUT2D eigenvalue weighted by molar-refractivity contribution is 0.237. The van der Waals surface area contributed by atoms with Crippen molar-refractivity contribution in [3.05, 3.63) is 29.8 Å². The fraction of sp³-hybridized carbons (Fsp3) is 0.684. The van der Waals surface area contributed by atoms with Crippen molar-refractivity contribution in [1.29, 1.82) is 0 Å². The Morgan fingerprint density at radius 1 is 1.29 bits per heavy atom. The van der Waals surface area contributed by atoms with Crippen LogP contribution in [0.5, 0.6) is 5.75 Å². The average Bonchev–Trinajstić information content (AvgIpc) is 2.54. The van der Waals surface area contributed by atoms with Crippen LogP contribution in [0.4, 0.5) is 0 Å². The molecule has 0 saturated carbocycles. The van der Waals surface area contributed by atoms with Crippen molar-refractivity contribution in [3.8, 4) is 5.75 Å². The molecule has 1 aromatic rings. The summed E-state index contributed by atoms with van der Waals surface area (Å²) in [5.74, 6) is 2.54. The van der Waals surface area contributed by atoms with Gasteiger partial charge in [-0.2, -0.15) is 0 Å². The maximum atomic E-state index is 5.80. The van der Waals surface area contributed by atoms with Gasteiger partial charge < -0.3 is 10.1 Å². The number of fused-ring (bicyclic) bond motifs is 1. The fourth-order valence-corrected chi connectivity index (χ4v) is 3.67. The van der Waals surface area contributed by atoms with E-state index in [4.69, 9.17) is 4.74 Å². The predicted molar refractivity (Wildman–Crippen MR) is 90.1 cm³/mol. The van der Waals surface area contributed by atoms with E-state index in [0.29, 0.717) is 12.0 Å². The van der Waals surface area contributed by atoms with Crippen molar-refractivity contribution >= 4 is 0 Å². The lowest BCUT2D eigenvalue weighted by atomic mass is 9.81. The van der Waals surface area contributed by atoms with Gasteiger partial charge in [-0.15, -0.1) is 0 Å². The van der Waals surface area contributed by atoms with Gasteiger partial charge in [0.1, 0.15) is 5.75 Å². The monoisotopic (exact) mass is 289 g/mol. The number of rotatable bonds is 8. The van der Waals surface area contributed by atoms with Gasteiger partial charge in [-0.25, -0.2) is 0 Å². The molecule has 2 rings (SSSR count). The summed E-state index contributed by atoms with van der Waals surface area (Å²) in [5, 5.41) is 3.60. The molecule has 2 nitrogen and oxygen atoms in total. The maximum Gasteiger partial charge on any atom is 0.122 e. The molecule has 1 N–H and O–H groups in total. The number of para-hydroxylation sites is 1. The fourth-order valence-electron chi connectivity index (χ4n) is 3.67. The van der Waals surface area contributed by atoms with Crippen LogP contribution >= 0.6 is 0 Å². The Morgan fingerprint density at radius 2 is 2.10 bits per heavy atom. The van der Waals surface area contributed by atoms with E-state index in [1.165, 1.54) is 37.7 Å². The van der Waals surface area contributed by atoms with Crippen molar-refractivity contribution in [1.82, 2.24) is 5.32 Å². The Bertz CT molecular complexity index is 418. The summed E-state index contributed by atoms with van der Waals surface area (Å²) < 4.78 is 5.80. The van der Waals surface area contributed by atoms with Crippen LogP contribution < -0.4 is 10.1 Å². The van der Waals surface area contributed by atoms with Crippen LogP contribution in [0.25, 0.3) is 0 Å². The second-order valence-electron chi connectivity index (χ2n) is 6.31. The third-order valence-electron chi connectivity index (χ3n) is 5.01. The quantitative estimate of drug-likeness (QED) is 0.746. The molecule has 0 amide bonds. The van der Waals surface area contributed by atoms with Crippen molar-refractivity contribution in [2.75, 3.05) is 13.7 Å². The first-order chi connectivity index (χ1) is 10.3. The zero-order valence-corrected chi connectivity index (χ0v) is 13.9. The van der Waals surface area contributed by atoms with E-state index in [1.54, 1.807) is 0 Å². The van der Waals surface area contributed by atoms with Crippen molar-refractivity contribution in [3.63, 3.8) is 0 Å². The summed E-state index contributed by atoms with van der Waals surface area (Å²) in [6.45, 7) is 5.49. The molecule has 0 radical (unpaired) electrons. The maximum absolute atomic E-state index is 5.80. The molecule has 3 unspecified atom stereocenters. The molecule has 0 saturated heterocycles. The van der Waals surface area contributed by atoms with Gasteiger partial charge in [0.15, 0.2) is 0 Å². The zero-order valence-electron chi connectivity index (χ0n) is 13.9. The summed E-state index contributed by atoms with van der Waals surface area (Å²) >= 11 is 0. The van der Waals surface area contributed by atoms with E-state index in [2.05, 4.69) is 50.5 Å². The van der Waals surface area contributed by atoms with E-state index in [1.807, 2.05) is 0 Å². The smallest absolute Gasteiger partial charge is 0.122 e. The molecule has 21 heavy (non-hydrogen) atoms. The molecule has 2 heteroatoms. The molecule has 0 bridgehead atoms. The van der Waals surface area contributed by atoms with E-state index < -0.39 is 0 Å². The Morgan fingerprint density at radius 3 is 2.81 bits per heavy atom. The molecule has 3 atom stereocenters. The van der Waals surface area contributed by atoms with Gasteiger partial charge >= 0.3 is 0 Å². The van der Waals surface area contributed by atoms with Gasteiger partial charge in [0.2, 0.25) is 0 Å². The van der Waals surface area contributed by atoms with E-state index >= 15 is 0 Å². The van der Waals surface area contributed by atoms with E-state index in [-0.39, 0.29) is 0 Å².